The number of nitrogens with zero attached hydrogens (tertiary/aromatic N) is 4. The van der Waals surface area contributed by atoms with Gasteiger partial charge in [-0.25, -0.2) is 0 Å². The Balaban J connectivity index is 1.19. The summed E-state index contributed by atoms with van der Waals surface area (Å²) in [5.41, 5.74) is 11.7. The molecule has 2 aromatic heterocycles. The summed E-state index contributed by atoms with van der Waals surface area (Å²) in [7, 11) is 0. The molecule has 8 aromatic rings. The van der Waals surface area contributed by atoms with Crippen LogP contribution in [0.15, 0.2) is 144 Å². The number of fused-ring (bicyclic) bond motifs is 9. The number of para-hydroxylation sites is 3. The number of hydrogen-bond donors (Lipinski definition) is 0. The molecule has 3 heterocycles. The molecule has 5 nitrogen and oxygen atoms in total. The van der Waals surface area contributed by atoms with Crippen molar-refractivity contribution in [3.05, 3.63) is 168 Å². The molecule has 10 rings (SSSR count). The predicted molar refractivity (Wildman–Crippen MR) is 200 cm³/mol. The van der Waals surface area contributed by atoms with Crippen molar-refractivity contribution in [2.45, 2.75) is 18.4 Å². The Morgan fingerprint density at radius 1 is 0.660 bits per heavy atom. The van der Waals surface area contributed by atoms with Crippen molar-refractivity contribution in [2.24, 2.45) is 0 Å². The zero-order valence-electron chi connectivity index (χ0n) is 26.9. The molecule has 2 atom stereocenters. The highest BCUT2D eigenvalue weighted by atomic mass is 16.3. The van der Waals surface area contributed by atoms with Gasteiger partial charge in [0.05, 0.1) is 40.0 Å². The second kappa shape index (κ2) is 10.9. The molecule has 0 saturated carbocycles. The number of benzene rings is 6. The van der Waals surface area contributed by atoms with Gasteiger partial charge in [-0.15, -0.1) is 0 Å². The van der Waals surface area contributed by atoms with Crippen molar-refractivity contribution in [3.8, 4) is 29.0 Å². The maximum atomic E-state index is 10.5. The lowest BCUT2D eigenvalue weighted by Gasteiger charge is -2.29. The molecule has 0 N–H and O–H groups in total. The molecule has 0 radical (unpaired) electrons. The molecule has 0 fully saturated rings. The summed E-state index contributed by atoms with van der Waals surface area (Å²) in [4.78, 5) is 2.49. The van der Waals surface area contributed by atoms with Gasteiger partial charge in [0, 0.05) is 50.6 Å². The van der Waals surface area contributed by atoms with E-state index in [1.807, 2.05) is 54.6 Å². The molecule has 234 valence electrons. The van der Waals surface area contributed by atoms with E-state index in [2.05, 4.69) is 113 Å². The molecule has 0 spiro atoms. The monoisotopic (exact) mass is 640 g/mol. The molecule has 6 aromatic carbocycles. The fourth-order valence-corrected chi connectivity index (χ4v) is 8.40. The van der Waals surface area contributed by atoms with Crippen molar-refractivity contribution in [3.63, 3.8) is 0 Å². The SMILES string of the molecule is N#Cc1ccc2c(c1)c1ccccc1n2-c1cccc(C#N)c1-c1ccc2c(c1)C1C=Cc3oc4ccccc4c3CC1N2c1ccccc1. The van der Waals surface area contributed by atoms with Gasteiger partial charge in [0.2, 0.25) is 0 Å². The van der Waals surface area contributed by atoms with Crippen LogP contribution in [0.2, 0.25) is 0 Å². The van der Waals surface area contributed by atoms with Gasteiger partial charge in [-0.05, 0) is 90.4 Å². The number of aromatic nitrogens is 1. The van der Waals surface area contributed by atoms with E-state index in [1.165, 1.54) is 16.8 Å². The molecule has 0 bridgehead atoms. The van der Waals surface area contributed by atoms with Gasteiger partial charge in [0.25, 0.3) is 0 Å². The van der Waals surface area contributed by atoms with E-state index in [-0.39, 0.29) is 12.0 Å². The Bertz CT molecular complexity index is 2790. The van der Waals surface area contributed by atoms with Crippen molar-refractivity contribution in [1.82, 2.24) is 4.57 Å². The molecule has 1 aliphatic heterocycles. The van der Waals surface area contributed by atoms with Crippen LogP contribution in [0.1, 0.15) is 33.9 Å². The average molecular weight is 641 g/mol. The minimum atomic E-state index is 0.0989. The predicted octanol–water partition coefficient (Wildman–Crippen LogP) is 10.8. The summed E-state index contributed by atoms with van der Waals surface area (Å²) in [5, 5.41) is 23.5. The second-order valence-corrected chi connectivity index (χ2v) is 13.1. The molecular formula is C45H28N4O. The fraction of sp³-hybridized carbons (Fsp3) is 0.0667. The minimum absolute atomic E-state index is 0.0989. The van der Waals surface area contributed by atoms with E-state index < -0.39 is 0 Å². The van der Waals surface area contributed by atoms with E-state index >= 15 is 0 Å². The van der Waals surface area contributed by atoms with E-state index in [1.54, 1.807) is 0 Å². The zero-order valence-corrected chi connectivity index (χ0v) is 26.9. The smallest absolute Gasteiger partial charge is 0.135 e. The van der Waals surface area contributed by atoms with Gasteiger partial charge in [-0.2, -0.15) is 10.5 Å². The van der Waals surface area contributed by atoms with Crippen LogP contribution in [0.4, 0.5) is 11.4 Å². The lowest BCUT2D eigenvalue weighted by molar-refractivity contribution is 0.591. The topological polar surface area (TPSA) is 68.9 Å². The van der Waals surface area contributed by atoms with Crippen molar-refractivity contribution in [2.75, 3.05) is 4.90 Å². The highest BCUT2D eigenvalue weighted by Crippen LogP contribution is 2.51. The van der Waals surface area contributed by atoms with E-state index in [0.717, 1.165) is 67.5 Å². The summed E-state index contributed by atoms with van der Waals surface area (Å²) in [6.45, 7) is 0. The van der Waals surface area contributed by atoms with Crippen LogP contribution in [-0.2, 0) is 6.42 Å². The average Bonchev–Trinajstić information content (AvgIpc) is 3.75. The third-order valence-electron chi connectivity index (χ3n) is 10.5. The quantitative estimate of drug-likeness (QED) is 0.193. The fourth-order valence-electron chi connectivity index (χ4n) is 8.40. The molecule has 0 saturated heterocycles. The Hall–Kier alpha value is -6.82. The van der Waals surface area contributed by atoms with Crippen LogP contribution in [0.5, 0.6) is 0 Å². The van der Waals surface area contributed by atoms with Crippen LogP contribution in [0.25, 0.3) is 55.7 Å². The molecule has 2 unspecified atom stereocenters. The maximum Gasteiger partial charge on any atom is 0.135 e. The standard InChI is InChI=1S/C45H28N4O/c46-26-28-17-20-40-35(23-28)32-12-4-6-14-38(32)49(40)41-15-8-9-30(27-47)45(41)29-18-21-39-36(24-29)33-19-22-44-37(34-13-5-7-16-43(34)50-44)25-42(33)48(39)31-10-2-1-3-11-31/h1-24,33,42H,25H2. The first-order valence-electron chi connectivity index (χ1n) is 16.9. The molecule has 2 aliphatic rings. The molecular weight excluding hydrogens is 613 g/mol. The highest BCUT2D eigenvalue weighted by molar-refractivity contribution is 6.10. The lowest BCUT2D eigenvalue weighted by Crippen LogP contribution is -2.31. The molecule has 50 heavy (non-hydrogen) atoms. The van der Waals surface area contributed by atoms with Gasteiger partial charge in [0.1, 0.15) is 11.3 Å². The van der Waals surface area contributed by atoms with E-state index in [0.29, 0.717) is 11.1 Å². The summed E-state index contributed by atoms with van der Waals surface area (Å²) >= 11 is 0. The Morgan fingerprint density at radius 3 is 2.32 bits per heavy atom. The van der Waals surface area contributed by atoms with Crippen LogP contribution >= 0.6 is 0 Å². The molecule has 1 aliphatic carbocycles. The van der Waals surface area contributed by atoms with Crippen molar-refractivity contribution < 1.29 is 4.42 Å². The van der Waals surface area contributed by atoms with Crippen molar-refractivity contribution in [1.29, 1.82) is 10.5 Å². The lowest BCUT2D eigenvalue weighted by atomic mass is 9.89. The van der Waals surface area contributed by atoms with Crippen LogP contribution in [0, 0.1) is 22.7 Å². The molecule has 5 heteroatoms. The van der Waals surface area contributed by atoms with E-state index in [4.69, 9.17) is 4.42 Å². The third kappa shape index (κ3) is 4.05. The first kappa shape index (κ1) is 28.2. The summed E-state index contributed by atoms with van der Waals surface area (Å²) in [6.07, 6.45) is 5.30. The Labute approximate surface area is 288 Å². The Kier molecular flexibility index (Phi) is 6.12. The van der Waals surface area contributed by atoms with Gasteiger partial charge < -0.3 is 13.9 Å². The van der Waals surface area contributed by atoms with Gasteiger partial charge >= 0.3 is 0 Å². The zero-order chi connectivity index (χ0) is 33.3. The summed E-state index contributed by atoms with van der Waals surface area (Å²) < 4.78 is 8.61. The maximum absolute atomic E-state index is 10.5. The van der Waals surface area contributed by atoms with Crippen molar-refractivity contribution >= 4 is 50.2 Å². The third-order valence-corrected chi connectivity index (χ3v) is 10.5. The molecule has 0 amide bonds. The summed E-state index contributed by atoms with van der Waals surface area (Å²) in [6, 6.07) is 50.7. The largest absolute Gasteiger partial charge is 0.456 e. The second-order valence-electron chi connectivity index (χ2n) is 13.1. The Morgan fingerprint density at radius 2 is 1.46 bits per heavy atom. The van der Waals surface area contributed by atoms with Gasteiger partial charge in [-0.1, -0.05) is 72.8 Å². The number of nitriles is 2. The van der Waals surface area contributed by atoms with E-state index in [9.17, 15) is 10.5 Å². The number of anilines is 2. The van der Waals surface area contributed by atoms with Crippen LogP contribution in [0.3, 0.4) is 0 Å². The first-order valence-corrected chi connectivity index (χ1v) is 16.9. The van der Waals surface area contributed by atoms with Gasteiger partial charge in [-0.3, -0.25) is 0 Å². The first-order chi connectivity index (χ1) is 24.7. The normalized spacial score (nSPS) is 16.2. The van der Waals surface area contributed by atoms with Crippen LogP contribution in [-0.4, -0.2) is 10.6 Å². The minimum Gasteiger partial charge on any atom is -0.456 e. The summed E-state index contributed by atoms with van der Waals surface area (Å²) in [5.74, 6) is 1.02. The number of furan rings is 1. The number of hydrogen-bond acceptors (Lipinski definition) is 4. The van der Waals surface area contributed by atoms with Gasteiger partial charge in [0.15, 0.2) is 0 Å². The van der Waals surface area contributed by atoms with Crippen LogP contribution < -0.4 is 4.90 Å². The number of rotatable bonds is 3. The highest BCUT2D eigenvalue weighted by Gasteiger charge is 2.40.